The fraction of sp³-hybridized carbons (Fsp3) is 0.143. The first-order valence-electron chi connectivity index (χ1n) is 10.8. The van der Waals surface area contributed by atoms with E-state index in [-0.39, 0.29) is 17.6 Å². The lowest BCUT2D eigenvalue weighted by Crippen LogP contribution is -2.22. The van der Waals surface area contributed by atoms with E-state index in [9.17, 15) is 0 Å². The molecule has 0 saturated carbocycles. The molecule has 31 heavy (non-hydrogen) atoms. The van der Waals surface area contributed by atoms with Crippen molar-refractivity contribution in [2.24, 2.45) is 0 Å². The fourth-order valence-electron chi connectivity index (χ4n) is 5.59. The zero-order chi connectivity index (χ0) is 21.0. The first-order chi connectivity index (χ1) is 15.2. The van der Waals surface area contributed by atoms with Crippen LogP contribution in [0.1, 0.15) is 28.7 Å². The first kappa shape index (κ1) is 18.8. The highest BCUT2D eigenvalue weighted by Gasteiger charge is 2.56. The topological polar surface area (TPSA) is 20.3 Å². The minimum absolute atomic E-state index is 0.0428. The molecule has 4 atom stereocenters. The summed E-state index contributed by atoms with van der Waals surface area (Å²) < 4.78 is 17.2. The van der Waals surface area contributed by atoms with Gasteiger partial charge >= 0.3 is 0 Å². The molecule has 0 bridgehead atoms. The molecule has 0 unspecified atom stereocenters. The molecule has 152 valence electrons. The average molecular weight is 421 g/mol. The lowest BCUT2D eigenvalue weighted by atomic mass is 9.79. The molecule has 6 rings (SSSR count). The Hall–Kier alpha value is -2.93. The van der Waals surface area contributed by atoms with Crippen LogP contribution >= 0.6 is 7.29 Å². The van der Waals surface area contributed by atoms with Gasteiger partial charge in [0.05, 0.1) is 5.66 Å². The molecule has 2 nitrogen and oxygen atoms in total. The third kappa shape index (κ3) is 2.72. The first-order valence-corrected chi connectivity index (χ1v) is 12.6. The summed E-state index contributed by atoms with van der Waals surface area (Å²) in [6.07, 6.45) is 4.38. The van der Waals surface area contributed by atoms with Crippen molar-refractivity contribution in [3.63, 3.8) is 0 Å². The lowest BCUT2D eigenvalue weighted by Gasteiger charge is -2.28. The van der Waals surface area contributed by atoms with Gasteiger partial charge in [-0.1, -0.05) is 97.1 Å². The second kappa shape index (κ2) is 7.05. The Morgan fingerprint density at radius 1 is 0.774 bits per heavy atom. The maximum atomic E-state index is 15.0. The van der Waals surface area contributed by atoms with E-state index in [1.165, 1.54) is 22.1 Å². The molecule has 0 spiro atoms. The summed E-state index contributed by atoms with van der Waals surface area (Å²) in [5.41, 5.74) is 3.72. The van der Waals surface area contributed by atoms with Gasteiger partial charge in [-0.3, -0.25) is 0 Å². The van der Waals surface area contributed by atoms with E-state index in [0.717, 1.165) is 10.7 Å². The number of fused-ring (bicyclic) bond motifs is 4. The Bertz CT molecular complexity index is 1360. The highest BCUT2D eigenvalue weighted by Crippen LogP contribution is 2.70. The Kier molecular flexibility index (Phi) is 4.28. The Morgan fingerprint density at radius 3 is 2.32 bits per heavy atom. The molecule has 1 heterocycles. The van der Waals surface area contributed by atoms with Crippen molar-refractivity contribution < 1.29 is 4.57 Å². The van der Waals surface area contributed by atoms with E-state index in [4.69, 9.17) is 0 Å². The molecule has 0 N–H and O–H groups in total. The molecule has 4 aromatic rings. The van der Waals surface area contributed by atoms with Crippen LogP contribution in [0.25, 0.3) is 16.8 Å². The quantitative estimate of drug-likeness (QED) is 0.340. The molecule has 0 amide bonds. The smallest absolute Gasteiger partial charge is 0.186 e. The number of benzene rings is 4. The van der Waals surface area contributed by atoms with Crippen LogP contribution in [0.2, 0.25) is 0 Å². The van der Waals surface area contributed by atoms with Crippen LogP contribution in [0.4, 0.5) is 0 Å². The van der Waals surface area contributed by atoms with E-state index >= 15 is 4.57 Å². The van der Waals surface area contributed by atoms with Crippen molar-refractivity contribution >= 4 is 29.4 Å². The van der Waals surface area contributed by atoms with Gasteiger partial charge in [-0.25, -0.2) is 4.67 Å². The van der Waals surface area contributed by atoms with Gasteiger partial charge in [0.15, 0.2) is 7.29 Å². The number of likely N-dealkylation sites (N-methyl/N-ethyl adjacent to an activating group) is 1. The second-order valence-corrected chi connectivity index (χ2v) is 11.6. The van der Waals surface area contributed by atoms with Crippen LogP contribution in [0.5, 0.6) is 0 Å². The number of allylic oxidation sites excluding steroid dienone is 1. The van der Waals surface area contributed by atoms with Gasteiger partial charge in [0.2, 0.25) is 0 Å². The lowest BCUT2D eigenvalue weighted by molar-refractivity contribution is 0.377. The summed E-state index contributed by atoms with van der Waals surface area (Å²) in [5.74, 6) is 0.158. The van der Waals surface area contributed by atoms with Gasteiger partial charge in [-0.05, 0) is 46.6 Å². The zero-order valence-corrected chi connectivity index (χ0v) is 18.3. The van der Waals surface area contributed by atoms with E-state index in [1.54, 1.807) is 0 Å². The monoisotopic (exact) mass is 421 g/mol. The Balaban J connectivity index is 1.59. The molecular formula is C28H24NOP. The van der Waals surface area contributed by atoms with E-state index in [2.05, 4.69) is 103 Å². The van der Waals surface area contributed by atoms with Gasteiger partial charge in [-0.15, -0.1) is 0 Å². The third-order valence-electron chi connectivity index (χ3n) is 7.06. The van der Waals surface area contributed by atoms with Gasteiger partial charge in [-0.2, -0.15) is 0 Å². The molecule has 1 saturated heterocycles. The summed E-state index contributed by atoms with van der Waals surface area (Å²) in [6.45, 7) is 0. The molecule has 1 aliphatic carbocycles. The molecule has 0 radical (unpaired) electrons. The average Bonchev–Trinajstić information content (AvgIpc) is 3.07. The van der Waals surface area contributed by atoms with Crippen molar-refractivity contribution in [1.29, 1.82) is 0 Å². The van der Waals surface area contributed by atoms with Crippen molar-refractivity contribution in [1.82, 2.24) is 4.67 Å². The summed E-state index contributed by atoms with van der Waals surface area (Å²) >= 11 is 0. The van der Waals surface area contributed by atoms with Gasteiger partial charge < -0.3 is 4.57 Å². The van der Waals surface area contributed by atoms with Crippen molar-refractivity contribution in [3.8, 4) is 0 Å². The zero-order valence-electron chi connectivity index (χ0n) is 17.4. The maximum Gasteiger partial charge on any atom is 0.186 e. The van der Waals surface area contributed by atoms with Crippen LogP contribution in [0, 0.1) is 0 Å². The maximum absolute atomic E-state index is 15.0. The number of rotatable bonds is 2. The van der Waals surface area contributed by atoms with Crippen molar-refractivity contribution in [2.75, 3.05) is 7.05 Å². The van der Waals surface area contributed by atoms with Crippen LogP contribution < -0.4 is 5.30 Å². The number of hydrogen-bond acceptors (Lipinski definition) is 1. The second-order valence-electron chi connectivity index (χ2n) is 8.59. The molecule has 3 heteroatoms. The van der Waals surface area contributed by atoms with Crippen molar-refractivity contribution in [3.05, 3.63) is 120 Å². The normalized spacial score (nSPS) is 27.2. The van der Waals surface area contributed by atoms with Crippen LogP contribution in [-0.2, 0) is 4.57 Å². The minimum Gasteiger partial charge on any atom is -0.301 e. The highest BCUT2D eigenvalue weighted by atomic mass is 31.2. The predicted molar refractivity (Wildman–Crippen MR) is 130 cm³/mol. The Morgan fingerprint density at radius 2 is 1.48 bits per heavy atom. The molecular weight excluding hydrogens is 397 g/mol. The molecule has 0 aromatic heterocycles. The summed E-state index contributed by atoms with van der Waals surface area (Å²) in [6, 6.07) is 33.9. The molecule has 2 aliphatic rings. The van der Waals surface area contributed by atoms with Gasteiger partial charge in [0, 0.05) is 17.3 Å². The van der Waals surface area contributed by atoms with E-state index in [0.29, 0.717) is 0 Å². The van der Waals surface area contributed by atoms with Crippen molar-refractivity contribution in [2.45, 2.75) is 17.6 Å². The highest BCUT2D eigenvalue weighted by molar-refractivity contribution is 7.70. The van der Waals surface area contributed by atoms with Crippen LogP contribution in [-0.4, -0.2) is 17.4 Å². The van der Waals surface area contributed by atoms with Gasteiger partial charge in [0.25, 0.3) is 0 Å². The summed E-state index contributed by atoms with van der Waals surface area (Å²) in [5, 5.41) is 3.27. The minimum atomic E-state index is -2.88. The molecule has 1 aliphatic heterocycles. The summed E-state index contributed by atoms with van der Waals surface area (Å²) in [4.78, 5) is 0. The fourth-order valence-corrected chi connectivity index (χ4v) is 9.06. The van der Waals surface area contributed by atoms with E-state index < -0.39 is 7.29 Å². The van der Waals surface area contributed by atoms with Crippen LogP contribution in [0.15, 0.2) is 103 Å². The van der Waals surface area contributed by atoms with Gasteiger partial charge in [0.1, 0.15) is 0 Å². The largest absolute Gasteiger partial charge is 0.301 e. The SMILES string of the molecule is CN1[C@@H](c2ccccc2)[C@@H]2c3ccccc3C=C[C@@H]2[P@@]1(=O)c1ccc2ccccc2c1. The van der Waals surface area contributed by atoms with E-state index in [1.807, 2.05) is 18.2 Å². The predicted octanol–water partition coefficient (Wildman–Crippen LogP) is 6.61. The number of nitrogens with zero attached hydrogens (tertiary/aromatic N) is 1. The molecule has 1 fully saturated rings. The molecule has 4 aromatic carbocycles. The third-order valence-corrected chi connectivity index (χ3v) is 10.6. The number of hydrogen-bond donors (Lipinski definition) is 0. The Labute approximate surface area is 183 Å². The summed E-state index contributed by atoms with van der Waals surface area (Å²) in [7, 11) is -0.822. The standard InChI is InChI=1S/C28H24NOP/c1-29-28(22-11-3-2-4-12-22)27-25-14-8-7-10-21(25)16-18-26(27)31(29,30)24-17-15-20-9-5-6-13-23(20)19-24/h2-19,26-28H,1H3/t26-,27+,28-,31-/m0/s1. The van der Waals surface area contributed by atoms with Crippen LogP contribution in [0.3, 0.4) is 0 Å².